The number of nitrogens with two attached hydrogens (primary N) is 3. The maximum atomic E-state index is 9.47. The van der Waals surface area contributed by atoms with Crippen LogP contribution in [0, 0.1) is 0 Å². The van der Waals surface area contributed by atoms with Crippen molar-refractivity contribution in [2.75, 3.05) is 120 Å². The molecule has 0 atom stereocenters. The van der Waals surface area contributed by atoms with Crippen LogP contribution < -0.4 is 63.8 Å². The summed E-state index contributed by atoms with van der Waals surface area (Å²) in [5.41, 5.74) is 19.9. The Balaban J connectivity index is 0.000000196. The summed E-state index contributed by atoms with van der Waals surface area (Å²) in [6, 6.07) is 18.3. The van der Waals surface area contributed by atoms with Crippen molar-refractivity contribution in [3.8, 4) is 46.0 Å². The maximum absolute atomic E-state index is 9.47. The summed E-state index contributed by atoms with van der Waals surface area (Å²) >= 11 is 0. The molecule has 8 rings (SSSR count). The van der Waals surface area contributed by atoms with Crippen LogP contribution in [0.15, 0.2) is 72.8 Å². The van der Waals surface area contributed by atoms with Crippen LogP contribution in [-0.2, 0) is 26.2 Å². The Hall–Kier alpha value is -11.1. The molecule has 0 aliphatic carbocycles. The highest BCUT2D eigenvalue weighted by Crippen LogP contribution is 2.29. The van der Waals surface area contributed by atoms with E-state index in [-0.39, 0.29) is 63.8 Å². The van der Waals surface area contributed by atoms with Gasteiger partial charge in [0.05, 0.1) is 0 Å². The first-order valence-corrected chi connectivity index (χ1v) is 23.7. The number of phenolic OH excluding ortho intramolecular Hbond substituents is 8. The van der Waals surface area contributed by atoms with E-state index in [1.54, 1.807) is 81.3 Å². The second-order valence-electron chi connectivity index (χ2n) is 17.0. The summed E-state index contributed by atoms with van der Waals surface area (Å²) in [5.74, 6) is 2.76. The molecule has 0 bridgehead atoms. The minimum absolute atomic E-state index is 0.107. The Bertz CT molecular complexity index is 3330. The molecular weight excluding hydrogens is 1040 g/mol. The van der Waals surface area contributed by atoms with Gasteiger partial charge in [0.25, 0.3) is 0 Å². The molecule has 0 aliphatic rings. The third-order valence-electron chi connectivity index (χ3n) is 10.3. The number of benzene rings is 4. The molecule has 32 nitrogen and oxygen atoms in total. The molecule has 0 radical (unpaired) electrons. The van der Waals surface area contributed by atoms with Crippen molar-refractivity contribution in [1.29, 1.82) is 0 Å². The number of anilines is 12. The Kier molecular flexibility index (Phi) is 21.1. The predicted molar refractivity (Wildman–Crippen MR) is 303 cm³/mol. The SMILES string of the molecule is CN(C)c1nc(N)nc(NCc2ccc(O)c(O)c2)n1.CNc1nc(N)nc(N(C)Cc2ccc(O)c(O)c2)n1.CNc1nc(N)nc(NCc2ccc(O)c(O)c2)n1.CNc1nc(NCc2ccc(O)c(O)c2)nc(N(C)C)n1. The summed E-state index contributed by atoms with van der Waals surface area (Å²) in [4.78, 5) is 54.1. The molecular formula is C48H64N24O8. The fourth-order valence-electron chi connectivity index (χ4n) is 6.25. The number of nitrogen functional groups attached to an aromatic ring is 3. The Morgan fingerprint density at radius 2 is 0.613 bits per heavy atom. The molecule has 0 fully saturated rings. The summed E-state index contributed by atoms with van der Waals surface area (Å²) in [5, 5.41) is 92.1. The van der Waals surface area contributed by atoms with E-state index in [0.29, 0.717) is 79.7 Å². The molecule has 0 unspecified atom stereocenters. The lowest BCUT2D eigenvalue weighted by atomic mass is 10.2. The first-order chi connectivity index (χ1) is 38.0. The van der Waals surface area contributed by atoms with Crippen molar-refractivity contribution in [2.24, 2.45) is 0 Å². The van der Waals surface area contributed by atoms with Gasteiger partial charge in [-0.15, -0.1) is 0 Å². The normalized spacial score (nSPS) is 10.2. The van der Waals surface area contributed by atoms with Gasteiger partial charge in [0, 0.05) is 82.6 Å². The van der Waals surface area contributed by atoms with Gasteiger partial charge < -0.3 is 105 Å². The first-order valence-electron chi connectivity index (χ1n) is 23.7. The molecule has 0 aliphatic heterocycles. The lowest BCUT2D eigenvalue weighted by Gasteiger charge is -2.18. The van der Waals surface area contributed by atoms with Crippen LogP contribution in [0.3, 0.4) is 0 Å². The molecule has 80 heavy (non-hydrogen) atoms. The number of rotatable bonds is 17. The Morgan fingerprint density at radius 1 is 0.338 bits per heavy atom. The van der Waals surface area contributed by atoms with Crippen LogP contribution in [0.4, 0.5) is 71.4 Å². The van der Waals surface area contributed by atoms with E-state index in [1.165, 1.54) is 48.5 Å². The molecule has 20 N–H and O–H groups in total. The van der Waals surface area contributed by atoms with E-state index in [1.807, 2.05) is 14.1 Å². The van der Waals surface area contributed by atoms with E-state index in [4.69, 9.17) is 17.2 Å². The summed E-state index contributed by atoms with van der Waals surface area (Å²) in [7, 11) is 14.2. The fraction of sp³-hybridized carbons (Fsp3) is 0.250. The number of hydrogen-bond donors (Lipinski definition) is 17. The highest BCUT2D eigenvalue weighted by molar-refractivity contribution is 5.49. The second-order valence-corrected chi connectivity index (χ2v) is 17.0. The molecule has 0 spiro atoms. The standard InChI is InChI=1S/C13H18N6O2.2C12H16N6O2.C11H14N6O2/c1-14-11-16-12(18-13(17-11)19(2)3)15-7-8-4-5-9(20)10(21)6-8;1-18(2)12-16-10(13)15-11(17-12)14-6-7-3-4-8(19)9(20)5-7;1-14-11-15-10(13)16-12(17-11)18(2)6-7-3-4-8(19)9(20)5-7;1-13-10-15-9(12)16-11(17-10)14-5-6-2-3-7(18)8(19)4-6/h4-6,20-21H,7H2,1-3H3,(H2,14,15,16,17,18);2*3-5,19-20H,6H2,1-2H3,(H3,13,14,15,16,17);2-4,18-19H,5H2,1H3,(H4,12,13,14,15,16,17). The first kappa shape index (κ1) is 59.8. The Morgan fingerprint density at radius 3 is 1.00 bits per heavy atom. The van der Waals surface area contributed by atoms with Gasteiger partial charge in [0.15, 0.2) is 46.0 Å². The smallest absolute Gasteiger partial charge is 0.231 e. The number of hydrogen-bond acceptors (Lipinski definition) is 32. The monoisotopic (exact) mass is 1100 g/mol. The lowest BCUT2D eigenvalue weighted by molar-refractivity contribution is 0.403. The van der Waals surface area contributed by atoms with Crippen molar-refractivity contribution in [3.63, 3.8) is 0 Å². The quantitative estimate of drug-likeness (QED) is 0.0583. The highest BCUT2D eigenvalue weighted by atomic mass is 16.3. The fourth-order valence-corrected chi connectivity index (χ4v) is 6.25. The van der Waals surface area contributed by atoms with E-state index in [0.717, 1.165) is 22.3 Å². The van der Waals surface area contributed by atoms with Gasteiger partial charge in [0.2, 0.25) is 71.4 Å². The van der Waals surface area contributed by atoms with Gasteiger partial charge in [-0.05, 0) is 70.8 Å². The zero-order chi connectivity index (χ0) is 58.6. The second kappa shape index (κ2) is 28.2. The molecule has 0 amide bonds. The van der Waals surface area contributed by atoms with Crippen molar-refractivity contribution in [2.45, 2.75) is 26.2 Å². The average Bonchev–Trinajstić information content (AvgIpc) is 3.42. The molecule has 0 saturated heterocycles. The predicted octanol–water partition coefficient (Wildman–Crippen LogP) is 2.61. The van der Waals surface area contributed by atoms with E-state index in [2.05, 4.69) is 91.7 Å². The summed E-state index contributed by atoms with van der Waals surface area (Å²) in [6.45, 7) is 1.61. The third-order valence-corrected chi connectivity index (χ3v) is 10.3. The van der Waals surface area contributed by atoms with Crippen LogP contribution in [0.2, 0.25) is 0 Å². The van der Waals surface area contributed by atoms with Gasteiger partial charge in [0.1, 0.15) is 0 Å². The van der Waals surface area contributed by atoms with E-state index in [9.17, 15) is 40.9 Å². The van der Waals surface area contributed by atoms with Gasteiger partial charge >= 0.3 is 0 Å². The van der Waals surface area contributed by atoms with Gasteiger partial charge in [-0.3, -0.25) is 0 Å². The van der Waals surface area contributed by atoms with Gasteiger partial charge in [-0.25, -0.2) is 0 Å². The largest absolute Gasteiger partial charge is 0.504 e. The number of phenols is 8. The maximum Gasteiger partial charge on any atom is 0.231 e. The minimum Gasteiger partial charge on any atom is -0.504 e. The lowest BCUT2D eigenvalue weighted by Crippen LogP contribution is -2.20. The zero-order valence-corrected chi connectivity index (χ0v) is 44.8. The average molecular weight is 1110 g/mol. The number of nitrogens with one attached hydrogen (secondary N) is 6. The topological polar surface area (TPSA) is 476 Å². The van der Waals surface area contributed by atoms with Crippen LogP contribution >= 0.6 is 0 Å². The van der Waals surface area contributed by atoms with Crippen molar-refractivity contribution in [1.82, 2.24) is 59.8 Å². The van der Waals surface area contributed by atoms with Crippen molar-refractivity contribution < 1.29 is 40.9 Å². The van der Waals surface area contributed by atoms with Gasteiger partial charge in [-0.2, -0.15) is 59.8 Å². The van der Waals surface area contributed by atoms with Crippen molar-refractivity contribution in [3.05, 3.63) is 95.1 Å². The van der Waals surface area contributed by atoms with E-state index < -0.39 is 0 Å². The summed E-state index contributed by atoms with van der Waals surface area (Å²) in [6.07, 6.45) is 0. The molecule has 4 aromatic heterocycles. The van der Waals surface area contributed by atoms with Gasteiger partial charge in [-0.1, -0.05) is 24.3 Å². The molecule has 4 aromatic carbocycles. The number of aromatic nitrogens is 12. The molecule has 4 heterocycles. The molecule has 8 aromatic rings. The van der Waals surface area contributed by atoms with E-state index >= 15 is 0 Å². The summed E-state index contributed by atoms with van der Waals surface area (Å²) < 4.78 is 0. The molecule has 32 heteroatoms. The van der Waals surface area contributed by atoms with Crippen LogP contribution in [-0.4, -0.2) is 157 Å². The minimum atomic E-state index is -0.176. The van der Waals surface area contributed by atoms with Crippen molar-refractivity contribution >= 4 is 71.4 Å². The zero-order valence-electron chi connectivity index (χ0n) is 44.8. The van der Waals surface area contributed by atoms with Crippen LogP contribution in [0.5, 0.6) is 46.0 Å². The van der Waals surface area contributed by atoms with Crippen LogP contribution in [0.25, 0.3) is 0 Å². The third kappa shape index (κ3) is 18.3. The molecule has 0 saturated carbocycles. The van der Waals surface area contributed by atoms with Crippen LogP contribution in [0.1, 0.15) is 22.3 Å². The molecule has 424 valence electrons. The highest BCUT2D eigenvalue weighted by Gasteiger charge is 2.13. The number of aromatic hydroxyl groups is 8. The Labute approximate surface area is 458 Å². The number of nitrogens with zero attached hydrogens (tertiary/aromatic N) is 15.